The van der Waals surface area contributed by atoms with E-state index in [1.54, 1.807) is 30.5 Å². The van der Waals surface area contributed by atoms with Crippen LogP contribution in [0.4, 0.5) is 5.69 Å². The second kappa shape index (κ2) is 7.33. The molecule has 29 heavy (non-hydrogen) atoms. The van der Waals surface area contributed by atoms with E-state index in [1.807, 2.05) is 19.9 Å². The zero-order valence-corrected chi connectivity index (χ0v) is 17.4. The molecule has 1 aliphatic carbocycles. The van der Waals surface area contributed by atoms with Crippen molar-refractivity contribution in [3.8, 4) is 5.88 Å². The van der Waals surface area contributed by atoms with Gasteiger partial charge < -0.3 is 10.1 Å². The van der Waals surface area contributed by atoms with Crippen LogP contribution in [0.5, 0.6) is 5.88 Å². The topological polar surface area (TPSA) is 97.4 Å². The van der Waals surface area contributed by atoms with Crippen molar-refractivity contribution in [1.82, 2.24) is 9.71 Å². The number of nitrogens with one attached hydrogen (secondary N) is 2. The van der Waals surface area contributed by atoms with Crippen LogP contribution < -0.4 is 14.8 Å². The fourth-order valence-corrected chi connectivity index (χ4v) is 5.16. The summed E-state index contributed by atoms with van der Waals surface area (Å²) < 4.78 is 34.2. The number of benzene rings is 1. The summed E-state index contributed by atoms with van der Waals surface area (Å²) in [4.78, 5) is 17.6. The monoisotopic (exact) mass is 415 g/mol. The van der Waals surface area contributed by atoms with Gasteiger partial charge in [-0.05, 0) is 63.3 Å². The first-order valence-corrected chi connectivity index (χ1v) is 11.4. The van der Waals surface area contributed by atoms with Gasteiger partial charge in [-0.25, -0.2) is 18.1 Å². The number of ether oxygens (including phenoxy) is 1. The van der Waals surface area contributed by atoms with Crippen molar-refractivity contribution >= 4 is 21.6 Å². The van der Waals surface area contributed by atoms with E-state index < -0.39 is 21.3 Å². The molecule has 1 aromatic carbocycles. The normalized spacial score (nSPS) is 17.2. The molecular formula is C21H25N3O4S. The molecule has 1 fully saturated rings. The molecule has 7 nitrogen and oxygen atoms in total. The summed E-state index contributed by atoms with van der Waals surface area (Å²) in [5, 5.41) is 3.22. The van der Waals surface area contributed by atoms with Crippen molar-refractivity contribution < 1.29 is 17.9 Å². The smallest absolute Gasteiger partial charge is 0.264 e. The van der Waals surface area contributed by atoms with E-state index in [0.29, 0.717) is 30.7 Å². The molecule has 0 spiro atoms. The summed E-state index contributed by atoms with van der Waals surface area (Å²) >= 11 is 0. The third-order valence-electron chi connectivity index (χ3n) is 5.39. The zero-order valence-electron chi connectivity index (χ0n) is 16.6. The number of fused-ring (bicyclic) bond motifs is 1. The Morgan fingerprint density at radius 3 is 2.76 bits per heavy atom. The van der Waals surface area contributed by atoms with Crippen molar-refractivity contribution in [2.24, 2.45) is 0 Å². The first kappa shape index (κ1) is 19.7. The SMILES string of the molecule is CC(C)Oc1ncccc1C1(C(=O)NS(=O)(=O)c2cccc3c2CCCN3)CC1. The Morgan fingerprint density at radius 1 is 1.24 bits per heavy atom. The number of hydrogen-bond donors (Lipinski definition) is 2. The van der Waals surface area contributed by atoms with Gasteiger partial charge in [-0.3, -0.25) is 4.79 Å². The lowest BCUT2D eigenvalue weighted by Gasteiger charge is -2.22. The van der Waals surface area contributed by atoms with Gasteiger partial charge in [0.1, 0.15) is 0 Å². The van der Waals surface area contributed by atoms with Crippen molar-refractivity contribution in [2.45, 2.75) is 55.9 Å². The molecule has 2 aliphatic rings. The van der Waals surface area contributed by atoms with Crippen molar-refractivity contribution in [3.05, 3.63) is 47.7 Å². The first-order valence-electron chi connectivity index (χ1n) is 9.89. The third-order valence-corrected chi connectivity index (χ3v) is 6.80. The van der Waals surface area contributed by atoms with Crippen LogP contribution in [0.15, 0.2) is 41.4 Å². The fraction of sp³-hybridized carbons (Fsp3) is 0.429. The lowest BCUT2D eigenvalue weighted by molar-refractivity contribution is -0.121. The maximum atomic E-state index is 13.1. The lowest BCUT2D eigenvalue weighted by atomic mass is 9.96. The van der Waals surface area contributed by atoms with Crippen LogP contribution in [-0.4, -0.2) is 32.0 Å². The molecule has 0 bridgehead atoms. The lowest BCUT2D eigenvalue weighted by Crippen LogP contribution is -2.39. The molecule has 4 rings (SSSR count). The molecule has 1 amide bonds. The number of rotatable bonds is 6. The predicted molar refractivity (Wildman–Crippen MR) is 109 cm³/mol. The Balaban J connectivity index is 1.63. The van der Waals surface area contributed by atoms with Crippen LogP contribution in [0, 0.1) is 0 Å². The van der Waals surface area contributed by atoms with E-state index in [0.717, 1.165) is 24.2 Å². The second-order valence-corrected chi connectivity index (χ2v) is 9.50. The van der Waals surface area contributed by atoms with Gasteiger partial charge in [0.2, 0.25) is 11.8 Å². The Kier molecular flexibility index (Phi) is 4.98. The van der Waals surface area contributed by atoms with Gasteiger partial charge in [-0.15, -0.1) is 0 Å². The zero-order chi connectivity index (χ0) is 20.6. The number of aromatic nitrogens is 1. The van der Waals surface area contributed by atoms with E-state index >= 15 is 0 Å². The van der Waals surface area contributed by atoms with Gasteiger partial charge in [0, 0.05) is 24.0 Å². The number of amides is 1. The molecule has 0 atom stereocenters. The van der Waals surface area contributed by atoms with E-state index in [-0.39, 0.29) is 11.0 Å². The van der Waals surface area contributed by atoms with E-state index in [2.05, 4.69) is 15.0 Å². The summed E-state index contributed by atoms with van der Waals surface area (Å²) in [6, 6.07) is 8.64. The summed E-state index contributed by atoms with van der Waals surface area (Å²) in [6.07, 6.45) is 4.13. The Bertz CT molecular complexity index is 1050. The molecule has 2 heterocycles. The minimum absolute atomic E-state index is 0.102. The van der Waals surface area contributed by atoms with Crippen LogP contribution in [0.1, 0.15) is 44.2 Å². The molecule has 154 valence electrons. The highest BCUT2D eigenvalue weighted by molar-refractivity contribution is 7.90. The number of hydrogen-bond acceptors (Lipinski definition) is 6. The summed E-state index contributed by atoms with van der Waals surface area (Å²) in [7, 11) is -3.99. The molecule has 1 aromatic heterocycles. The van der Waals surface area contributed by atoms with Gasteiger partial charge in [0.25, 0.3) is 10.0 Å². The average molecular weight is 416 g/mol. The molecule has 2 aromatic rings. The van der Waals surface area contributed by atoms with Crippen LogP contribution in [0.2, 0.25) is 0 Å². The highest BCUT2D eigenvalue weighted by atomic mass is 32.2. The highest BCUT2D eigenvalue weighted by Gasteiger charge is 2.54. The van der Waals surface area contributed by atoms with Crippen LogP contribution in [0.3, 0.4) is 0 Å². The van der Waals surface area contributed by atoms with Gasteiger partial charge in [-0.1, -0.05) is 12.1 Å². The third kappa shape index (κ3) is 3.69. The van der Waals surface area contributed by atoms with Gasteiger partial charge in [0.15, 0.2) is 0 Å². The molecular weight excluding hydrogens is 390 g/mol. The summed E-state index contributed by atoms with van der Waals surface area (Å²) in [5.74, 6) is -0.144. The maximum absolute atomic E-state index is 13.1. The van der Waals surface area contributed by atoms with Crippen LogP contribution in [0.25, 0.3) is 0 Å². The minimum Gasteiger partial charge on any atom is -0.475 e. The first-order chi connectivity index (χ1) is 13.8. The highest BCUT2D eigenvalue weighted by Crippen LogP contribution is 2.51. The second-order valence-electron chi connectivity index (χ2n) is 7.85. The van der Waals surface area contributed by atoms with Crippen LogP contribution >= 0.6 is 0 Å². The van der Waals surface area contributed by atoms with Gasteiger partial charge in [0.05, 0.1) is 16.4 Å². The molecule has 1 saturated carbocycles. The Morgan fingerprint density at radius 2 is 2.03 bits per heavy atom. The number of anilines is 1. The molecule has 0 saturated heterocycles. The van der Waals surface area contributed by atoms with Gasteiger partial charge >= 0.3 is 0 Å². The Labute approximate surface area is 170 Å². The largest absolute Gasteiger partial charge is 0.475 e. The summed E-state index contributed by atoms with van der Waals surface area (Å²) in [5.41, 5.74) is 1.26. The standard InChI is InChI=1S/C21H25N3O4S/c1-14(2)28-19-16(7-5-13-23-19)21(10-11-21)20(25)24-29(26,27)18-9-3-8-17-15(18)6-4-12-22-17/h3,5,7-9,13-14,22H,4,6,10-12H2,1-2H3,(H,24,25). The quantitative estimate of drug-likeness (QED) is 0.753. The van der Waals surface area contributed by atoms with Crippen molar-refractivity contribution in [3.63, 3.8) is 0 Å². The number of sulfonamides is 1. The Hall–Kier alpha value is -2.61. The summed E-state index contributed by atoms with van der Waals surface area (Å²) in [6.45, 7) is 4.58. The average Bonchev–Trinajstić information content (AvgIpc) is 3.49. The van der Waals surface area contributed by atoms with Crippen LogP contribution in [-0.2, 0) is 26.7 Å². The molecule has 2 N–H and O–H groups in total. The maximum Gasteiger partial charge on any atom is 0.264 e. The minimum atomic E-state index is -3.99. The number of carbonyl (C=O) groups is 1. The molecule has 0 radical (unpaired) electrons. The molecule has 1 aliphatic heterocycles. The molecule has 0 unspecified atom stereocenters. The van der Waals surface area contributed by atoms with Gasteiger partial charge in [-0.2, -0.15) is 0 Å². The molecule has 8 heteroatoms. The van der Waals surface area contributed by atoms with E-state index in [1.165, 1.54) is 0 Å². The number of nitrogens with zero attached hydrogens (tertiary/aromatic N) is 1. The van der Waals surface area contributed by atoms with E-state index in [9.17, 15) is 13.2 Å². The van der Waals surface area contributed by atoms with Crippen molar-refractivity contribution in [1.29, 1.82) is 0 Å². The predicted octanol–water partition coefficient (Wildman–Crippen LogP) is 2.76. The number of carbonyl (C=O) groups excluding carboxylic acids is 1. The fourth-order valence-electron chi connectivity index (χ4n) is 3.82. The van der Waals surface area contributed by atoms with E-state index in [4.69, 9.17) is 4.74 Å². The van der Waals surface area contributed by atoms with Crippen molar-refractivity contribution in [2.75, 3.05) is 11.9 Å². The number of pyridine rings is 1.